The highest BCUT2D eigenvalue weighted by Gasteiger charge is 2.20. The summed E-state index contributed by atoms with van der Waals surface area (Å²) in [5, 5.41) is 8.00. The van der Waals surface area contributed by atoms with Crippen LogP contribution in [0.5, 0.6) is 0 Å². The van der Waals surface area contributed by atoms with E-state index in [0.717, 1.165) is 24.5 Å². The predicted molar refractivity (Wildman–Crippen MR) is 65.8 cm³/mol. The van der Waals surface area contributed by atoms with Crippen molar-refractivity contribution in [1.82, 2.24) is 15.1 Å². The number of aromatic nitrogens is 2. The summed E-state index contributed by atoms with van der Waals surface area (Å²) in [6, 6.07) is 6.05. The third kappa shape index (κ3) is 2.00. The van der Waals surface area contributed by atoms with Crippen molar-refractivity contribution in [3.63, 3.8) is 0 Å². The quantitative estimate of drug-likeness (QED) is 0.861. The van der Waals surface area contributed by atoms with Crippen molar-refractivity contribution >= 4 is 0 Å². The average Bonchev–Trinajstić information content (AvgIpc) is 2.99. The van der Waals surface area contributed by atoms with E-state index in [1.165, 1.54) is 18.5 Å². The van der Waals surface area contributed by atoms with Gasteiger partial charge in [0, 0.05) is 13.0 Å². The Hall–Kier alpha value is -1.55. The molecule has 0 unspecified atom stereocenters. The lowest BCUT2D eigenvalue weighted by Crippen LogP contribution is -2.26. The molecule has 3 rings (SSSR count). The molecule has 2 aromatic heterocycles. The van der Waals surface area contributed by atoms with Crippen molar-refractivity contribution in [1.29, 1.82) is 0 Å². The Kier molecular flexibility index (Phi) is 2.73. The minimum absolute atomic E-state index is 0.589. The molecule has 3 heterocycles. The van der Waals surface area contributed by atoms with Crippen molar-refractivity contribution in [2.24, 2.45) is 7.05 Å². The number of aryl methyl sites for hydroxylation is 1. The molecule has 0 bridgehead atoms. The highest BCUT2D eigenvalue weighted by atomic mass is 16.3. The summed E-state index contributed by atoms with van der Waals surface area (Å²) < 4.78 is 7.34. The zero-order chi connectivity index (χ0) is 11.7. The maximum atomic E-state index is 5.43. The third-order valence-electron chi connectivity index (χ3n) is 3.43. The largest absolute Gasteiger partial charge is 0.463 e. The number of nitrogens with zero attached hydrogens (tertiary/aromatic N) is 2. The molecule has 0 spiro atoms. The molecule has 1 saturated heterocycles. The first-order valence-electron chi connectivity index (χ1n) is 6.13. The summed E-state index contributed by atoms with van der Waals surface area (Å²) in [5.74, 6) is 1.48. The number of hydrogen-bond donors (Lipinski definition) is 1. The molecular weight excluding hydrogens is 214 g/mol. The van der Waals surface area contributed by atoms with Crippen LogP contribution in [0.1, 0.15) is 24.5 Å². The summed E-state index contributed by atoms with van der Waals surface area (Å²) in [7, 11) is 1.97. The van der Waals surface area contributed by atoms with E-state index in [4.69, 9.17) is 4.42 Å². The summed E-state index contributed by atoms with van der Waals surface area (Å²) in [6.07, 6.45) is 4.05. The molecule has 17 heavy (non-hydrogen) atoms. The van der Waals surface area contributed by atoms with Crippen LogP contribution >= 0.6 is 0 Å². The molecule has 2 aromatic rings. The fourth-order valence-corrected chi connectivity index (χ4v) is 2.46. The molecule has 90 valence electrons. The number of nitrogens with one attached hydrogen (secondary N) is 1. The Bertz CT molecular complexity index is 481. The van der Waals surface area contributed by atoms with E-state index in [2.05, 4.69) is 16.5 Å². The second-order valence-corrected chi connectivity index (χ2v) is 4.58. The van der Waals surface area contributed by atoms with E-state index < -0.39 is 0 Å². The van der Waals surface area contributed by atoms with Gasteiger partial charge in [-0.1, -0.05) is 0 Å². The van der Waals surface area contributed by atoms with E-state index in [9.17, 15) is 0 Å². The average molecular weight is 231 g/mol. The smallest absolute Gasteiger partial charge is 0.151 e. The molecule has 0 amide bonds. The monoisotopic (exact) mass is 231 g/mol. The molecule has 0 saturated carbocycles. The highest BCUT2D eigenvalue weighted by molar-refractivity contribution is 5.53. The summed E-state index contributed by atoms with van der Waals surface area (Å²) in [4.78, 5) is 0. The molecule has 0 atom stereocenters. The zero-order valence-electron chi connectivity index (χ0n) is 10.0. The van der Waals surface area contributed by atoms with Crippen LogP contribution in [-0.2, 0) is 7.05 Å². The first-order valence-corrected chi connectivity index (χ1v) is 6.13. The molecular formula is C13H17N3O. The van der Waals surface area contributed by atoms with Crippen LogP contribution in [0.3, 0.4) is 0 Å². The van der Waals surface area contributed by atoms with Crippen molar-refractivity contribution in [3.8, 4) is 11.5 Å². The molecule has 0 aliphatic carbocycles. The zero-order valence-corrected chi connectivity index (χ0v) is 10.0. The Morgan fingerprint density at radius 3 is 2.94 bits per heavy atom. The van der Waals surface area contributed by atoms with Crippen LogP contribution in [0, 0.1) is 0 Å². The first-order chi connectivity index (χ1) is 8.34. The van der Waals surface area contributed by atoms with Crippen LogP contribution in [-0.4, -0.2) is 22.9 Å². The third-order valence-corrected chi connectivity index (χ3v) is 3.43. The number of hydrogen-bond acceptors (Lipinski definition) is 3. The maximum Gasteiger partial charge on any atom is 0.151 e. The normalized spacial score (nSPS) is 17.5. The van der Waals surface area contributed by atoms with Gasteiger partial charge in [-0.05, 0) is 44.1 Å². The standard InChI is InChI=1S/C13H17N3O/c1-16-12(13-3-2-8-17-13)9-11(15-16)10-4-6-14-7-5-10/h2-3,8-10,14H,4-7H2,1H3. The Labute approximate surface area is 101 Å². The first kappa shape index (κ1) is 10.6. The Morgan fingerprint density at radius 2 is 2.24 bits per heavy atom. The SMILES string of the molecule is Cn1nc(C2CCNCC2)cc1-c1ccco1. The van der Waals surface area contributed by atoms with Gasteiger partial charge in [-0.3, -0.25) is 4.68 Å². The molecule has 0 aromatic carbocycles. The Morgan fingerprint density at radius 1 is 1.41 bits per heavy atom. The maximum absolute atomic E-state index is 5.43. The van der Waals surface area contributed by atoms with Crippen LogP contribution in [0.25, 0.3) is 11.5 Å². The van der Waals surface area contributed by atoms with Crippen LogP contribution < -0.4 is 5.32 Å². The van der Waals surface area contributed by atoms with Crippen LogP contribution in [0.2, 0.25) is 0 Å². The van der Waals surface area contributed by atoms with Crippen molar-refractivity contribution in [2.75, 3.05) is 13.1 Å². The second-order valence-electron chi connectivity index (χ2n) is 4.58. The summed E-state index contributed by atoms with van der Waals surface area (Å²) in [5.41, 5.74) is 2.25. The number of furan rings is 1. The van der Waals surface area contributed by atoms with Crippen molar-refractivity contribution < 1.29 is 4.42 Å². The fourth-order valence-electron chi connectivity index (χ4n) is 2.46. The van der Waals surface area contributed by atoms with Gasteiger partial charge in [-0.25, -0.2) is 0 Å². The van der Waals surface area contributed by atoms with Gasteiger partial charge in [0.2, 0.25) is 0 Å². The Balaban J connectivity index is 1.90. The molecule has 0 radical (unpaired) electrons. The van der Waals surface area contributed by atoms with E-state index in [-0.39, 0.29) is 0 Å². The number of piperidine rings is 1. The van der Waals surface area contributed by atoms with Crippen molar-refractivity contribution in [2.45, 2.75) is 18.8 Å². The van der Waals surface area contributed by atoms with Gasteiger partial charge in [0.05, 0.1) is 12.0 Å². The van der Waals surface area contributed by atoms with Gasteiger partial charge in [0.25, 0.3) is 0 Å². The predicted octanol–water partition coefficient (Wildman–Crippen LogP) is 2.15. The molecule has 1 aliphatic rings. The van der Waals surface area contributed by atoms with E-state index in [1.807, 2.05) is 23.9 Å². The van der Waals surface area contributed by atoms with Gasteiger partial charge in [-0.2, -0.15) is 5.10 Å². The molecule has 4 nitrogen and oxygen atoms in total. The number of rotatable bonds is 2. The van der Waals surface area contributed by atoms with Crippen LogP contribution in [0.4, 0.5) is 0 Å². The second kappa shape index (κ2) is 4.37. The lowest BCUT2D eigenvalue weighted by Gasteiger charge is -2.20. The van der Waals surface area contributed by atoms with Gasteiger partial charge in [0.1, 0.15) is 5.69 Å². The van der Waals surface area contributed by atoms with Crippen molar-refractivity contribution in [3.05, 3.63) is 30.2 Å². The van der Waals surface area contributed by atoms with Gasteiger partial charge >= 0.3 is 0 Å². The molecule has 1 aliphatic heterocycles. The molecule has 1 N–H and O–H groups in total. The molecule has 4 heteroatoms. The van der Waals surface area contributed by atoms with E-state index >= 15 is 0 Å². The van der Waals surface area contributed by atoms with Crippen LogP contribution in [0.15, 0.2) is 28.9 Å². The fraction of sp³-hybridized carbons (Fsp3) is 0.462. The van der Waals surface area contributed by atoms with E-state index in [1.54, 1.807) is 6.26 Å². The molecule has 1 fully saturated rings. The van der Waals surface area contributed by atoms with Gasteiger partial charge in [0.15, 0.2) is 5.76 Å². The van der Waals surface area contributed by atoms with Gasteiger partial charge in [-0.15, -0.1) is 0 Å². The topological polar surface area (TPSA) is 43.0 Å². The summed E-state index contributed by atoms with van der Waals surface area (Å²) in [6.45, 7) is 2.19. The lowest BCUT2D eigenvalue weighted by molar-refractivity contribution is 0.450. The minimum atomic E-state index is 0.589. The lowest BCUT2D eigenvalue weighted by atomic mass is 9.94. The highest BCUT2D eigenvalue weighted by Crippen LogP contribution is 2.28. The minimum Gasteiger partial charge on any atom is -0.463 e. The summed E-state index contributed by atoms with van der Waals surface area (Å²) >= 11 is 0. The van der Waals surface area contributed by atoms with E-state index in [0.29, 0.717) is 5.92 Å². The van der Waals surface area contributed by atoms with Gasteiger partial charge < -0.3 is 9.73 Å².